The van der Waals surface area contributed by atoms with Gasteiger partial charge in [-0.1, -0.05) is 0 Å². The Labute approximate surface area is 157 Å². The predicted molar refractivity (Wildman–Crippen MR) is 83.9 cm³/mol. The largest absolute Gasteiger partial charge is 0.480 e. The number of aliphatic carboxylic acids is 2. The molecule has 2 aliphatic heterocycles. The molecule has 0 radical (unpaired) electrons. The van der Waals surface area contributed by atoms with E-state index in [1.165, 1.54) is 0 Å². The van der Waals surface area contributed by atoms with Gasteiger partial charge >= 0.3 is 11.9 Å². The Morgan fingerprint density at radius 2 is 1.07 bits per heavy atom. The molecule has 0 aromatic carbocycles. The van der Waals surface area contributed by atoms with E-state index in [2.05, 4.69) is 0 Å². The number of alkyl halides is 4. The molecule has 2 heterocycles. The number of carboxylic acids is 2. The predicted octanol–water partition coefficient (Wildman–Crippen LogP) is 1.19. The lowest BCUT2D eigenvalue weighted by Gasteiger charge is -2.22. The first kappa shape index (κ1) is 21.9. The summed E-state index contributed by atoms with van der Waals surface area (Å²) in [5, 5.41) is 17.9. The van der Waals surface area contributed by atoms with Crippen LogP contribution >= 0.6 is 0 Å². The normalized spacial score (nSPS) is 25.7. The van der Waals surface area contributed by atoms with Crippen LogP contribution in [0, 0.1) is 0 Å². The van der Waals surface area contributed by atoms with Gasteiger partial charge in [-0.05, 0) is 12.8 Å². The summed E-state index contributed by atoms with van der Waals surface area (Å²) >= 11 is 0. The zero-order valence-corrected chi connectivity index (χ0v) is 14.7. The number of carbonyl (C=O) groups is 4. The fraction of sp³-hybridized carbons (Fsp3) is 0.750. The van der Waals surface area contributed by atoms with Crippen molar-refractivity contribution in [3.8, 4) is 0 Å². The van der Waals surface area contributed by atoms with Crippen molar-refractivity contribution < 1.29 is 47.0 Å². The van der Waals surface area contributed by atoms with Gasteiger partial charge in [0, 0.05) is 25.7 Å². The second-order valence-corrected chi connectivity index (χ2v) is 7.08. The molecule has 12 heteroatoms. The topological polar surface area (TPSA) is 115 Å². The number of amides is 2. The lowest BCUT2D eigenvalue weighted by atomic mass is 10.1. The van der Waals surface area contributed by atoms with Gasteiger partial charge in [0.05, 0.1) is 13.1 Å². The number of nitrogens with zero attached hydrogens (tertiary/aromatic N) is 2. The van der Waals surface area contributed by atoms with E-state index in [4.69, 9.17) is 10.2 Å². The lowest BCUT2D eigenvalue weighted by molar-refractivity contribution is -0.148. The first-order valence-corrected chi connectivity index (χ1v) is 8.63. The zero-order chi connectivity index (χ0) is 21.3. The molecular formula is C16H20F4N2O6. The Morgan fingerprint density at radius 3 is 1.36 bits per heavy atom. The van der Waals surface area contributed by atoms with Gasteiger partial charge in [-0.15, -0.1) is 0 Å². The molecule has 2 unspecified atom stereocenters. The quantitative estimate of drug-likeness (QED) is 0.480. The molecule has 2 rings (SSSR count). The van der Waals surface area contributed by atoms with Crippen molar-refractivity contribution in [3.05, 3.63) is 0 Å². The van der Waals surface area contributed by atoms with E-state index < -0.39 is 73.6 Å². The first-order valence-electron chi connectivity index (χ1n) is 8.63. The molecule has 8 nitrogen and oxygen atoms in total. The van der Waals surface area contributed by atoms with Crippen molar-refractivity contribution in [2.45, 2.75) is 62.5 Å². The molecular weight excluding hydrogens is 392 g/mol. The fourth-order valence-electron chi connectivity index (χ4n) is 3.44. The summed E-state index contributed by atoms with van der Waals surface area (Å²) in [6, 6.07) is -3.24. The number of carbonyl (C=O) groups excluding carboxylic acids is 2. The third kappa shape index (κ3) is 5.10. The first-order chi connectivity index (χ1) is 12.8. The number of halogens is 4. The molecule has 28 heavy (non-hydrogen) atoms. The number of unbranched alkanes of at least 4 members (excludes halogenated alkanes) is 1. The summed E-state index contributed by atoms with van der Waals surface area (Å²) in [6.07, 6.45) is -2.42. The summed E-state index contributed by atoms with van der Waals surface area (Å²) in [5.41, 5.74) is 0. The second-order valence-electron chi connectivity index (χ2n) is 7.08. The highest BCUT2D eigenvalue weighted by molar-refractivity contribution is 5.85. The summed E-state index contributed by atoms with van der Waals surface area (Å²) in [6.45, 7) is -1.99. The van der Waals surface area contributed by atoms with Crippen LogP contribution in [0.1, 0.15) is 38.5 Å². The minimum Gasteiger partial charge on any atom is -0.480 e. The molecule has 2 N–H and O–H groups in total. The van der Waals surface area contributed by atoms with Crippen LogP contribution in [0.5, 0.6) is 0 Å². The maximum atomic E-state index is 13.4. The molecule has 0 spiro atoms. The van der Waals surface area contributed by atoms with Gasteiger partial charge in [0.1, 0.15) is 12.1 Å². The average molecular weight is 412 g/mol. The van der Waals surface area contributed by atoms with E-state index in [-0.39, 0.29) is 25.7 Å². The van der Waals surface area contributed by atoms with Crippen LogP contribution in [0.2, 0.25) is 0 Å². The maximum absolute atomic E-state index is 13.4. The van der Waals surface area contributed by atoms with E-state index in [0.717, 1.165) is 0 Å². The van der Waals surface area contributed by atoms with Crippen molar-refractivity contribution in [1.82, 2.24) is 9.80 Å². The van der Waals surface area contributed by atoms with E-state index in [9.17, 15) is 36.7 Å². The van der Waals surface area contributed by atoms with Crippen molar-refractivity contribution in [1.29, 1.82) is 0 Å². The van der Waals surface area contributed by atoms with Crippen molar-refractivity contribution in [3.63, 3.8) is 0 Å². The van der Waals surface area contributed by atoms with E-state index >= 15 is 0 Å². The summed E-state index contributed by atoms with van der Waals surface area (Å²) in [7, 11) is 0. The summed E-state index contributed by atoms with van der Waals surface area (Å²) < 4.78 is 53.5. The Hall–Kier alpha value is -2.40. The van der Waals surface area contributed by atoms with Crippen LogP contribution in [-0.2, 0) is 19.2 Å². The molecule has 0 saturated carbocycles. The van der Waals surface area contributed by atoms with Gasteiger partial charge in [0.2, 0.25) is 11.8 Å². The molecule has 2 saturated heterocycles. The lowest BCUT2D eigenvalue weighted by Crippen LogP contribution is -2.41. The Balaban J connectivity index is 1.82. The standard InChI is InChI=1S/C16H20F4N2O6/c17-15(18)5-9(13(25)26)21(7-15)11(23)3-1-2-4-12(24)22-8-16(19,20)6-10(22)14(27)28/h9-10H,1-8H2,(H,25,26)(H,27,28). The molecule has 0 aromatic heterocycles. The van der Waals surface area contributed by atoms with Crippen molar-refractivity contribution in [2.75, 3.05) is 13.1 Å². The number of hydrogen-bond acceptors (Lipinski definition) is 4. The summed E-state index contributed by atoms with van der Waals surface area (Å²) in [4.78, 5) is 47.3. The monoisotopic (exact) mass is 412 g/mol. The third-order valence-corrected chi connectivity index (χ3v) is 4.78. The number of hydrogen-bond donors (Lipinski definition) is 2. The maximum Gasteiger partial charge on any atom is 0.326 e. The Bertz CT molecular complexity index is 616. The number of likely N-dealkylation sites (tertiary alicyclic amines) is 2. The Morgan fingerprint density at radius 1 is 0.750 bits per heavy atom. The van der Waals surface area contributed by atoms with Crippen LogP contribution in [0.4, 0.5) is 17.6 Å². The zero-order valence-electron chi connectivity index (χ0n) is 14.7. The summed E-state index contributed by atoms with van der Waals surface area (Å²) in [5.74, 6) is -11.2. The molecule has 2 atom stereocenters. The SMILES string of the molecule is O=C(O)C1CC(F)(F)CN1C(=O)CCCCC(=O)N1CC(F)(F)CC1C(=O)O. The van der Waals surface area contributed by atoms with Gasteiger partial charge in [-0.3, -0.25) is 9.59 Å². The van der Waals surface area contributed by atoms with Crippen molar-refractivity contribution >= 4 is 23.8 Å². The molecule has 2 fully saturated rings. The number of carboxylic acid groups (broad SMARTS) is 2. The highest BCUT2D eigenvalue weighted by Crippen LogP contribution is 2.34. The minimum atomic E-state index is -3.29. The van der Waals surface area contributed by atoms with Crippen LogP contribution in [0.15, 0.2) is 0 Å². The van der Waals surface area contributed by atoms with Gasteiger partial charge < -0.3 is 20.0 Å². The second kappa shape index (κ2) is 7.92. The minimum absolute atomic E-state index is 0.0426. The van der Waals surface area contributed by atoms with Crippen molar-refractivity contribution in [2.24, 2.45) is 0 Å². The highest BCUT2D eigenvalue weighted by Gasteiger charge is 2.51. The van der Waals surface area contributed by atoms with Crippen LogP contribution in [0.25, 0.3) is 0 Å². The van der Waals surface area contributed by atoms with Gasteiger partial charge in [0.25, 0.3) is 11.8 Å². The number of rotatable bonds is 7. The molecule has 0 aliphatic carbocycles. The van der Waals surface area contributed by atoms with Gasteiger partial charge in [-0.25, -0.2) is 27.2 Å². The third-order valence-electron chi connectivity index (χ3n) is 4.78. The van der Waals surface area contributed by atoms with Crippen LogP contribution in [0.3, 0.4) is 0 Å². The van der Waals surface area contributed by atoms with Gasteiger partial charge in [0.15, 0.2) is 0 Å². The van der Waals surface area contributed by atoms with Crippen LogP contribution in [-0.4, -0.2) is 80.8 Å². The van der Waals surface area contributed by atoms with Gasteiger partial charge in [-0.2, -0.15) is 0 Å². The average Bonchev–Trinajstić information content (AvgIpc) is 3.07. The molecule has 2 aliphatic rings. The molecule has 0 aromatic rings. The molecule has 2 amide bonds. The van der Waals surface area contributed by atoms with Crippen LogP contribution < -0.4 is 0 Å². The smallest absolute Gasteiger partial charge is 0.326 e. The molecule has 158 valence electrons. The Kier molecular flexibility index (Phi) is 6.19. The van der Waals surface area contributed by atoms with E-state index in [0.29, 0.717) is 9.80 Å². The molecule has 0 bridgehead atoms. The fourth-order valence-corrected chi connectivity index (χ4v) is 3.44. The highest BCUT2D eigenvalue weighted by atomic mass is 19.3. The van der Waals surface area contributed by atoms with E-state index in [1.807, 2.05) is 0 Å². The van der Waals surface area contributed by atoms with E-state index in [1.54, 1.807) is 0 Å².